The lowest BCUT2D eigenvalue weighted by Gasteiger charge is -2.40. The van der Waals surface area contributed by atoms with Crippen molar-refractivity contribution in [2.24, 2.45) is 5.41 Å². The zero-order valence-corrected chi connectivity index (χ0v) is 17.1. The van der Waals surface area contributed by atoms with Gasteiger partial charge in [0.25, 0.3) is 0 Å². The zero-order chi connectivity index (χ0) is 21.0. The Labute approximate surface area is 171 Å². The lowest BCUT2D eigenvalue weighted by molar-refractivity contribution is -0.162. The van der Waals surface area contributed by atoms with E-state index in [4.69, 9.17) is 4.74 Å². The largest absolute Gasteiger partial charge is 0.394 e. The molecule has 1 aliphatic heterocycles. The summed E-state index contributed by atoms with van der Waals surface area (Å²) in [5.74, 6) is -0.203. The number of hydrogen-bond donors (Lipinski definition) is 2. The van der Waals surface area contributed by atoms with E-state index in [1.807, 2.05) is 75.4 Å². The number of aliphatic hydroxyl groups excluding tert-OH is 1. The summed E-state index contributed by atoms with van der Waals surface area (Å²) in [6.45, 7) is 5.76. The number of carbonyl (C=O) groups excluding carboxylic acids is 2. The predicted molar refractivity (Wildman–Crippen MR) is 111 cm³/mol. The van der Waals surface area contributed by atoms with Crippen LogP contribution in [0.4, 0.5) is 5.69 Å². The quantitative estimate of drug-likeness (QED) is 0.814. The van der Waals surface area contributed by atoms with Crippen LogP contribution in [0.5, 0.6) is 0 Å². The number of nitrogens with one attached hydrogen (secondary N) is 1. The summed E-state index contributed by atoms with van der Waals surface area (Å²) < 4.78 is 5.78. The van der Waals surface area contributed by atoms with Gasteiger partial charge in [-0.15, -0.1) is 0 Å². The number of hydrogen-bond acceptors (Lipinski definition) is 4. The highest BCUT2D eigenvalue weighted by Crippen LogP contribution is 2.31. The van der Waals surface area contributed by atoms with Crippen LogP contribution in [0.2, 0.25) is 0 Å². The Balaban J connectivity index is 1.76. The number of morpholine rings is 1. The number of amides is 2. The molecule has 1 aliphatic rings. The van der Waals surface area contributed by atoms with Gasteiger partial charge in [-0.25, -0.2) is 0 Å². The first-order chi connectivity index (χ1) is 13.8. The summed E-state index contributed by atoms with van der Waals surface area (Å²) in [5.41, 5.74) is 2.07. The van der Waals surface area contributed by atoms with Gasteiger partial charge < -0.3 is 20.1 Å². The molecule has 2 aromatic rings. The molecule has 1 saturated heterocycles. The van der Waals surface area contributed by atoms with Crippen LogP contribution in [0.25, 0.3) is 0 Å². The molecule has 154 valence electrons. The lowest BCUT2D eigenvalue weighted by Crippen LogP contribution is -2.52. The van der Waals surface area contributed by atoms with Gasteiger partial charge in [-0.3, -0.25) is 9.59 Å². The third kappa shape index (κ3) is 5.02. The molecule has 2 N–H and O–H groups in total. The van der Waals surface area contributed by atoms with E-state index in [1.165, 1.54) is 0 Å². The molecule has 1 fully saturated rings. The van der Waals surface area contributed by atoms with Crippen molar-refractivity contribution in [2.75, 3.05) is 18.5 Å². The molecule has 3 rings (SSSR count). The van der Waals surface area contributed by atoms with Crippen LogP contribution in [-0.4, -0.2) is 41.1 Å². The molecule has 2 atom stereocenters. The van der Waals surface area contributed by atoms with Crippen LogP contribution in [0.15, 0.2) is 54.6 Å². The van der Waals surface area contributed by atoms with Crippen molar-refractivity contribution in [3.05, 3.63) is 65.7 Å². The van der Waals surface area contributed by atoms with E-state index in [1.54, 1.807) is 4.90 Å². The second-order valence-electron chi connectivity index (χ2n) is 8.31. The average Bonchev–Trinajstić information content (AvgIpc) is 2.70. The Morgan fingerprint density at radius 2 is 1.79 bits per heavy atom. The summed E-state index contributed by atoms with van der Waals surface area (Å²) in [4.78, 5) is 26.3. The molecule has 6 nitrogen and oxygen atoms in total. The van der Waals surface area contributed by atoms with Gasteiger partial charge in [0.15, 0.2) is 0 Å². The standard InChI is InChI=1S/C23H28N2O4/c1-23(2,3)22(28)24-18-11-9-17(10-12-18)21-19(14-26)25(20(27)15-29-21)13-16-7-5-4-6-8-16/h4-12,19,21,26H,13-15H2,1-3H3,(H,24,28)/t19-,21-/m1/s1. The number of carbonyl (C=O) groups is 2. The monoisotopic (exact) mass is 396 g/mol. The molecule has 6 heteroatoms. The molecule has 2 amide bonds. The second kappa shape index (κ2) is 8.76. The highest BCUT2D eigenvalue weighted by Gasteiger charge is 2.37. The zero-order valence-electron chi connectivity index (χ0n) is 17.1. The fourth-order valence-electron chi connectivity index (χ4n) is 3.28. The van der Waals surface area contributed by atoms with Crippen molar-refractivity contribution in [3.63, 3.8) is 0 Å². The Morgan fingerprint density at radius 3 is 2.38 bits per heavy atom. The van der Waals surface area contributed by atoms with E-state index in [9.17, 15) is 14.7 Å². The number of rotatable bonds is 5. The van der Waals surface area contributed by atoms with Crippen molar-refractivity contribution in [2.45, 2.75) is 39.5 Å². The van der Waals surface area contributed by atoms with Gasteiger partial charge in [0, 0.05) is 17.6 Å². The SMILES string of the molecule is CC(C)(C)C(=O)Nc1ccc([C@H]2OCC(=O)N(Cc3ccccc3)[C@@H]2CO)cc1. The summed E-state index contributed by atoms with van der Waals surface area (Å²) in [6, 6.07) is 16.6. The van der Waals surface area contributed by atoms with Crippen molar-refractivity contribution in [1.82, 2.24) is 4.90 Å². The van der Waals surface area contributed by atoms with Gasteiger partial charge in [-0.2, -0.15) is 0 Å². The highest BCUT2D eigenvalue weighted by molar-refractivity contribution is 5.94. The van der Waals surface area contributed by atoms with Crippen molar-refractivity contribution < 1.29 is 19.4 Å². The molecule has 0 aromatic heterocycles. The third-order valence-electron chi connectivity index (χ3n) is 5.02. The van der Waals surface area contributed by atoms with Crippen LogP contribution >= 0.6 is 0 Å². The minimum Gasteiger partial charge on any atom is -0.394 e. The number of aliphatic hydroxyl groups is 1. The molecule has 2 aromatic carbocycles. The van der Waals surface area contributed by atoms with Crippen LogP contribution < -0.4 is 5.32 Å². The highest BCUT2D eigenvalue weighted by atomic mass is 16.5. The maximum atomic E-state index is 12.5. The Kier molecular flexibility index (Phi) is 6.35. The number of benzene rings is 2. The molecule has 0 saturated carbocycles. The molecule has 0 unspecified atom stereocenters. The number of anilines is 1. The average molecular weight is 396 g/mol. The maximum Gasteiger partial charge on any atom is 0.249 e. The van der Waals surface area contributed by atoms with Crippen LogP contribution in [0, 0.1) is 5.41 Å². The minimum atomic E-state index is -0.481. The van der Waals surface area contributed by atoms with Crippen LogP contribution in [0.1, 0.15) is 38.0 Å². The molecule has 0 aliphatic carbocycles. The summed E-state index contributed by atoms with van der Waals surface area (Å²) in [5, 5.41) is 12.9. The van der Waals surface area contributed by atoms with Crippen molar-refractivity contribution >= 4 is 17.5 Å². The van der Waals surface area contributed by atoms with Gasteiger partial charge in [-0.1, -0.05) is 63.2 Å². The minimum absolute atomic E-state index is 0.0312. The predicted octanol–water partition coefficient (Wildman–Crippen LogP) is 3.13. The van der Waals surface area contributed by atoms with E-state index in [-0.39, 0.29) is 25.0 Å². The fraction of sp³-hybridized carbons (Fsp3) is 0.391. The van der Waals surface area contributed by atoms with Crippen molar-refractivity contribution in [3.8, 4) is 0 Å². The molecule has 29 heavy (non-hydrogen) atoms. The van der Waals surface area contributed by atoms with E-state index >= 15 is 0 Å². The van der Waals surface area contributed by atoms with Gasteiger partial charge in [0.2, 0.25) is 11.8 Å². The van der Waals surface area contributed by atoms with Gasteiger partial charge in [-0.05, 0) is 23.3 Å². The molecule has 0 bridgehead atoms. The maximum absolute atomic E-state index is 12.5. The van der Waals surface area contributed by atoms with E-state index < -0.39 is 17.6 Å². The molecule has 0 spiro atoms. The second-order valence-corrected chi connectivity index (χ2v) is 8.31. The summed E-state index contributed by atoms with van der Waals surface area (Å²) >= 11 is 0. The van der Waals surface area contributed by atoms with Gasteiger partial charge >= 0.3 is 0 Å². The Hall–Kier alpha value is -2.70. The normalized spacial score (nSPS) is 19.9. The van der Waals surface area contributed by atoms with E-state index in [0.29, 0.717) is 12.2 Å². The van der Waals surface area contributed by atoms with Gasteiger partial charge in [0.05, 0.1) is 12.6 Å². The van der Waals surface area contributed by atoms with E-state index in [2.05, 4.69) is 5.32 Å². The Bertz CT molecular complexity index is 843. The lowest BCUT2D eigenvalue weighted by atomic mass is 9.95. The molecule has 0 radical (unpaired) electrons. The van der Waals surface area contributed by atoms with Crippen LogP contribution in [0.3, 0.4) is 0 Å². The first-order valence-corrected chi connectivity index (χ1v) is 9.77. The third-order valence-corrected chi connectivity index (χ3v) is 5.02. The first-order valence-electron chi connectivity index (χ1n) is 9.77. The van der Waals surface area contributed by atoms with Crippen molar-refractivity contribution in [1.29, 1.82) is 0 Å². The molecular weight excluding hydrogens is 368 g/mol. The number of ether oxygens (including phenoxy) is 1. The topological polar surface area (TPSA) is 78.9 Å². The summed E-state index contributed by atoms with van der Waals surface area (Å²) in [7, 11) is 0. The summed E-state index contributed by atoms with van der Waals surface area (Å²) in [6.07, 6.45) is -0.436. The first kappa shape index (κ1) is 21.0. The molecular formula is C23H28N2O4. The fourth-order valence-corrected chi connectivity index (χ4v) is 3.28. The molecule has 1 heterocycles. The Morgan fingerprint density at radius 1 is 1.14 bits per heavy atom. The van der Waals surface area contributed by atoms with Gasteiger partial charge in [0.1, 0.15) is 12.7 Å². The smallest absolute Gasteiger partial charge is 0.249 e. The van der Waals surface area contributed by atoms with Crippen LogP contribution in [-0.2, 0) is 20.9 Å². The van der Waals surface area contributed by atoms with E-state index in [0.717, 1.165) is 11.1 Å². The number of nitrogens with zero attached hydrogens (tertiary/aromatic N) is 1.